The SMILES string of the molecule is CCOC(=O)C1CCN(CCCNC(=O)C2=C(C)NC(C)=C(C(=O)NC)C2c2ccc([N+](=O)[O-])cc2)CC1. The van der Waals surface area contributed by atoms with Gasteiger partial charge in [0.25, 0.3) is 5.69 Å². The first-order valence-corrected chi connectivity index (χ1v) is 13.0. The lowest BCUT2D eigenvalue weighted by molar-refractivity contribution is -0.384. The number of rotatable bonds is 10. The molecule has 38 heavy (non-hydrogen) atoms. The van der Waals surface area contributed by atoms with Crippen molar-refractivity contribution in [3.8, 4) is 0 Å². The van der Waals surface area contributed by atoms with E-state index in [1.54, 1.807) is 26.0 Å². The highest BCUT2D eigenvalue weighted by molar-refractivity contribution is 6.03. The van der Waals surface area contributed by atoms with Crippen molar-refractivity contribution >= 4 is 23.5 Å². The van der Waals surface area contributed by atoms with Crippen LogP contribution in [0.15, 0.2) is 46.8 Å². The van der Waals surface area contributed by atoms with E-state index in [-0.39, 0.29) is 29.4 Å². The van der Waals surface area contributed by atoms with E-state index < -0.39 is 10.8 Å². The molecule has 1 saturated heterocycles. The van der Waals surface area contributed by atoms with Crippen molar-refractivity contribution in [1.82, 2.24) is 20.9 Å². The Morgan fingerprint density at radius 1 is 1.08 bits per heavy atom. The van der Waals surface area contributed by atoms with Crippen molar-refractivity contribution in [1.29, 1.82) is 0 Å². The van der Waals surface area contributed by atoms with Crippen molar-refractivity contribution in [3.63, 3.8) is 0 Å². The molecule has 0 aromatic heterocycles. The fourth-order valence-electron chi connectivity index (χ4n) is 5.10. The van der Waals surface area contributed by atoms with Crippen LogP contribution in [0.1, 0.15) is 51.5 Å². The number of likely N-dealkylation sites (N-methyl/N-ethyl adjacent to an activating group) is 1. The molecule has 1 fully saturated rings. The molecule has 2 amide bonds. The molecule has 3 N–H and O–H groups in total. The average molecular weight is 528 g/mol. The first-order valence-electron chi connectivity index (χ1n) is 13.0. The highest BCUT2D eigenvalue weighted by Crippen LogP contribution is 2.38. The summed E-state index contributed by atoms with van der Waals surface area (Å²) in [6.07, 6.45) is 2.27. The summed E-state index contributed by atoms with van der Waals surface area (Å²) in [5.74, 6) is -1.47. The quantitative estimate of drug-likeness (QED) is 0.182. The van der Waals surface area contributed by atoms with Crippen molar-refractivity contribution in [2.24, 2.45) is 5.92 Å². The number of allylic oxidation sites excluding steroid dienone is 2. The number of amides is 2. The zero-order chi connectivity index (χ0) is 27.8. The third-order valence-corrected chi connectivity index (χ3v) is 7.06. The molecule has 2 aliphatic heterocycles. The van der Waals surface area contributed by atoms with E-state index in [0.29, 0.717) is 41.3 Å². The lowest BCUT2D eigenvalue weighted by Gasteiger charge is -2.32. The summed E-state index contributed by atoms with van der Waals surface area (Å²) in [7, 11) is 1.52. The van der Waals surface area contributed by atoms with Gasteiger partial charge in [-0.2, -0.15) is 0 Å². The number of nitro groups is 1. The Hall–Kier alpha value is -3.73. The summed E-state index contributed by atoms with van der Waals surface area (Å²) in [4.78, 5) is 51.1. The first kappa shape index (κ1) is 28.8. The van der Waals surface area contributed by atoms with Gasteiger partial charge in [0.15, 0.2) is 0 Å². The van der Waals surface area contributed by atoms with E-state index >= 15 is 0 Å². The summed E-state index contributed by atoms with van der Waals surface area (Å²) in [5.41, 5.74) is 2.58. The van der Waals surface area contributed by atoms with E-state index in [1.807, 2.05) is 6.92 Å². The summed E-state index contributed by atoms with van der Waals surface area (Å²) in [6, 6.07) is 5.93. The Labute approximate surface area is 222 Å². The number of dihydropyridines is 1. The van der Waals surface area contributed by atoms with Gasteiger partial charge in [0.05, 0.1) is 17.4 Å². The second-order valence-corrected chi connectivity index (χ2v) is 9.54. The van der Waals surface area contributed by atoms with Crippen LogP contribution in [0.2, 0.25) is 0 Å². The smallest absolute Gasteiger partial charge is 0.309 e. The third-order valence-electron chi connectivity index (χ3n) is 7.06. The topological polar surface area (TPSA) is 143 Å². The number of piperidine rings is 1. The van der Waals surface area contributed by atoms with Gasteiger partial charge in [-0.3, -0.25) is 24.5 Å². The molecule has 1 aromatic rings. The molecule has 2 aliphatic rings. The number of nitro benzene ring substituents is 1. The van der Waals surface area contributed by atoms with Gasteiger partial charge >= 0.3 is 5.97 Å². The molecular weight excluding hydrogens is 490 g/mol. The molecule has 0 spiro atoms. The van der Waals surface area contributed by atoms with Gasteiger partial charge in [0.1, 0.15) is 0 Å². The van der Waals surface area contributed by atoms with Gasteiger partial charge in [-0.05, 0) is 65.2 Å². The van der Waals surface area contributed by atoms with Crippen LogP contribution in [-0.2, 0) is 19.1 Å². The van der Waals surface area contributed by atoms with E-state index in [0.717, 1.165) is 38.9 Å². The van der Waals surface area contributed by atoms with Gasteiger partial charge < -0.3 is 25.6 Å². The normalized spacial score (nSPS) is 18.6. The molecule has 1 aromatic carbocycles. The number of hydrogen-bond acceptors (Lipinski definition) is 8. The zero-order valence-corrected chi connectivity index (χ0v) is 22.5. The predicted octanol–water partition coefficient (Wildman–Crippen LogP) is 2.36. The average Bonchev–Trinajstić information content (AvgIpc) is 2.90. The minimum Gasteiger partial charge on any atom is -0.466 e. The van der Waals surface area contributed by atoms with Crippen molar-refractivity contribution in [2.75, 3.05) is 39.8 Å². The molecule has 206 valence electrons. The van der Waals surface area contributed by atoms with Crippen LogP contribution in [0.3, 0.4) is 0 Å². The van der Waals surface area contributed by atoms with Crippen LogP contribution >= 0.6 is 0 Å². The molecule has 1 atom stereocenters. The van der Waals surface area contributed by atoms with Crippen LogP contribution in [0.25, 0.3) is 0 Å². The zero-order valence-electron chi connectivity index (χ0n) is 22.5. The monoisotopic (exact) mass is 527 g/mol. The number of nitrogens with one attached hydrogen (secondary N) is 3. The van der Waals surface area contributed by atoms with Gasteiger partial charge in [-0.25, -0.2) is 0 Å². The third kappa shape index (κ3) is 6.77. The molecule has 0 radical (unpaired) electrons. The fourth-order valence-corrected chi connectivity index (χ4v) is 5.10. The number of non-ortho nitro benzene ring substituents is 1. The van der Waals surface area contributed by atoms with Crippen LogP contribution in [-0.4, -0.2) is 67.4 Å². The molecular formula is C27H37N5O6. The molecule has 0 bridgehead atoms. The summed E-state index contributed by atoms with van der Waals surface area (Å²) < 4.78 is 5.13. The van der Waals surface area contributed by atoms with Crippen LogP contribution < -0.4 is 16.0 Å². The van der Waals surface area contributed by atoms with Crippen LogP contribution in [0.4, 0.5) is 5.69 Å². The Morgan fingerprint density at radius 3 is 2.24 bits per heavy atom. The Bertz CT molecular complexity index is 1120. The number of hydrogen-bond donors (Lipinski definition) is 3. The van der Waals surface area contributed by atoms with Gasteiger partial charge in [0, 0.05) is 54.2 Å². The molecule has 2 heterocycles. The second-order valence-electron chi connectivity index (χ2n) is 9.54. The van der Waals surface area contributed by atoms with E-state index in [4.69, 9.17) is 4.74 Å². The van der Waals surface area contributed by atoms with Gasteiger partial charge in [-0.1, -0.05) is 12.1 Å². The largest absolute Gasteiger partial charge is 0.466 e. The fraction of sp³-hybridized carbons (Fsp3) is 0.519. The maximum atomic E-state index is 13.4. The number of carbonyl (C=O) groups excluding carboxylic acids is 3. The lowest BCUT2D eigenvalue weighted by atomic mass is 9.79. The number of likely N-dealkylation sites (tertiary alicyclic amines) is 1. The Kier molecular flexibility index (Phi) is 10.0. The number of ether oxygens (including phenoxy) is 1. The highest BCUT2D eigenvalue weighted by Gasteiger charge is 2.36. The second kappa shape index (κ2) is 13.2. The van der Waals surface area contributed by atoms with Gasteiger partial charge in [0.2, 0.25) is 11.8 Å². The Balaban J connectivity index is 1.67. The van der Waals surface area contributed by atoms with E-state index in [9.17, 15) is 24.5 Å². The number of nitrogens with zero attached hydrogens (tertiary/aromatic N) is 2. The molecule has 1 unspecified atom stereocenters. The summed E-state index contributed by atoms with van der Waals surface area (Å²) in [5, 5.41) is 19.9. The van der Waals surface area contributed by atoms with Crippen molar-refractivity contribution in [3.05, 3.63) is 62.5 Å². The molecule has 0 saturated carbocycles. The summed E-state index contributed by atoms with van der Waals surface area (Å²) in [6.45, 7) is 8.62. The maximum Gasteiger partial charge on any atom is 0.309 e. The number of esters is 1. The Morgan fingerprint density at radius 2 is 1.68 bits per heavy atom. The van der Waals surface area contributed by atoms with Crippen molar-refractivity contribution < 1.29 is 24.0 Å². The lowest BCUT2D eigenvalue weighted by Crippen LogP contribution is -2.40. The highest BCUT2D eigenvalue weighted by atomic mass is 16.6. The molecule has 0 aliphatic carbocycles. The van der Waals surface area contributed by atoms with Gasteiger partial charge in [-0.15, -0.1) is 0 Å². The first-order chi connectivity index (χ1) is 18.2. The number of benzene rings is 1. The minimum absolute atomic E-state index is 0.0398. The predicted molar refractivity (Wildman–Crippen MR) is 142 cm³/mol. The summed E-state index contributed by atoms with van der Waals surface area (Å²) >= 11 is 0. The van der Waals surface area contributed by atoms with Crippen molar-refractivity contribution in [2.45, 2.75) is 46.0 Å². The standard InChI is InChI=1S/C27H37N5O6/c1-5-38-27(35)20-11-15-31(16-12-20)14-6-13-29-26(34)23-18(3)30-17(2)22(25(33)28-4)24(23)19-7-9-21(10-8-19)32(36)37/h7-10,20,24,30H,5-6,11-16H2,1-4H3,(H,28,33)(H,29,34). The van der Waals surface area contributed by atoms with E-state index in [1.165, 1.54) is 19.2 Å². The van der Waals surface area contributed by atoms with E-state index in [2.05, 4.69) is 20.9 Å². The number of carbonyl (C=O) groups is 3. The maximum absolute atomic E-state index is 13.4. The molecule has 3 rings (SSSR count). The molecule has 11 nitrogen and oxygen atoms in total. The van der Waals surface area contributed by atoms with Crippen LogP contribution in [0, 0.1) is 16.0 Å². The molecule has 11 heteroatoms. The minimum atomic E-state index is -0.682. The van der Waals surface area contributed by atoms with Crippen LogP contribution in [0.5, 0.6) is 0 Å².